The fourth-order valence-corrected chi connectivity index (χ4v) is 3.76. The van der Waals surface area contributed by atoms with Gasteiger partial charge in [-0.15, -0.1) is 0 Å². The van der Waals surface area contributed by atoms with Crippen molar-refractivity contribution >= 4 is 5.96 Å². The lowest BCUT2D eigenvalue weighted by atomic mass is 10.1. The molecule has 0 aromatic heterocycles. The van der Waals surface area contributed by atoms with Crippen LogP contribution in [0.15, 0.2) is 0 Å². The van der Waals surface area contributed by atoms with Crippen molar-refractivity contribution in [2.45, 2.75) is 78.9 Å². The molecule has 0 bridgehead atoms. The second-order valence-corrected chi connectivity index (χ2v) is 10.9. The fraction of sp³-hybridized carbons (Fsp3) is 0.947. The Morgan fingerprint density at radius 1 is 0.560 bits per heavy atom. The normalized spacial score (nSPS) is 24.8. The molecule has 25 heavy (non-hydrogen) atoms. The zero-order valence-corrected chi connectivity index (χ0v) is 17.9. The SMILES string of the molecule is CC(C)(C)N1CN2CN(C(C)(C)C)C[N+]3=C2N(C1)CN(C(C)(C)C)C3. The van der Waals surface area contributed by atoms with Crippen LogP contribution in [0.2, 0.25) is 0 Å². The van der Waals surface area contributed by atoms with Gasteiger partial charge in [0.05, 0.1) is 0 Å². The fourth-order valence-electron chi connectivity index (χ4n) is 3.76. The van der Waals surface area contributed by atoms with Gasteiger partial charge in [0, 0.05) is 16.6 Å². The molecule has 144 valence electrons. The van der Waals surface area contributed by atoms with E-state index >= 15 is 0 Å². The average molecular weight is 352 g/mol. The van der Waals surface area contributed by atoms with Crippen molar-refractivity contribution < 1.29 is 4.58 Å². The van der Waals surface area contributed by atoms with Crippen molar-refractivity contribution in [2.24, 2.45) is 0 Å². The maximum absolute atomic E-state index is 2.59. The monoisotopic (exact) mass is 351 g/mol. The Hall–Kier alpha value is -0.850. The summed E-state index contributed by atoms with van der Waals surface area (Å²) in [6.07, 6.45) is 0. The highest BCUT2D eigenvalue weighted by molar-refractivity contribution is 5.76. The van der Waals surface area contributed by atoms with Crippen LogP contribution in [-0.2, 0) is 0 Å². The predicted molar refractivity (Wildman–Crippen MR) is 103 cm³/mol. The first-order valence-corrected chi connectivity index (χ1v) is 9.64. The van der Waals surface area contributed by atoms with Gasteiger partial charge in [0.25, 0.3) is 0 Å². The largest absolute Gasteiger partial charge is 0.356 e. The van der Waals surface area contributed by atoms with Crippen molar-refractivity contribution in [1.29, 1.82) is 0 Å². The summed E-state index contributed by atoms with van der Waals surface area (Å²) in [6.45, 7) is 27.0. The van der Waals surface area contributed by atoms with E-state index in [-0.39, 0.29) is 16.6 Å². The topological polar surface area (TPSA) is 19.2 Å². The number of hydrogen-bond acceptors (Lipinski definition) is 5. The van der Waals surface area contributed by atoms with E-state index in [1.807, 2.05) is 0 Å². The molecule has 1 fully saturated rings. The second-order valence-electron chi connectivity index (χ2n) is 10.9. The van der Waals surface area contributed by atoms with Crippen LogP contribution in [0.25, 0.3) is 0 Å². The maximum Gasteiger partial charge on any atom is 0.356 e. The van der Waals surface area contributed by atoms with Crippen molar-refractivity contribution in [3.8, 4) is 0 Å². The van der Waals surface area contributed by atoms with Gasteiger partial charge in [0.1, 0.15) is 40.0 Å². The van der Waals surface area contributed by atoms with E-state index in [1.165, 1.54) is 5.96 Å². The molecule has 3 aliphatic rings. The van der Waals surface area contributed by atoms with Gasteiger partial charge >= 0.3 is 5.96 Å². The first-order chi connectivity index (χ1) is 11.3. The van der Waals surface area contributed by atoms with E-state index in [4.69, 9.17) is 0 Å². The Morgan fingerprint density at radius 2 is 0.880 bits per heavy atom. The lowest BCUT2D eigenvalue weighted by molar-refractivity contribution is -0.603. The summed E-state index contributed by atoms with van der Waals surface area (Å²) < 4.78 is 2.57. The van der Waals surface area contributed by atoms with E-state index in [9.17, 15) is 0 Å². The van der Waals surface area contributed by atoms with Gasteiger partial charge < -0.3 is 0 Å². The van der Waals surface area contributed by atoms with Gasteiger partial charge in [-0.1, -0.05) is 0 Å². The third kappa shape index (κ3) is 3.67. The summed E-state index contributed by atoms with van der Waals surface area (Å²) in [6, 6.07) is 0. The van der Waals surface area contributed by atoms with Crippen molar-refractivity contribution in [2.75, 3.05) is 40.0 Å². The molecule has 0 atom stereocenters. The molecule has 6 heteroatoms. The quantitative estimate of drug-likeness (QED) is 0.620. The van der Waals surface area contributed by atoms with E-state index in [2.05, 4.69) is 91.4 Å². The number of hydrogen-bond donors (Lipinski definition) is 0. The Bertz CT molecular complexity index is 508. The Morgan fingerprint density at radius 3 is 1.20 bits per heavy atom. The van der Waals surface area contributed by atoms with Gasteiger partial charge in [0.2, 0.25) is 0 Å². The minimum atomic E-state index is 0.171. The van der Waals surface area contributed by atoms with Gasteiger partial charge in [0.15, 0.2) is 0 Å². The van der Waals surface area contributed by atoms with Crippen LogP contribution >= 0.6 is 0 Å². The molecular formula is C19H39N6+. The first kappa shape index (κ1) is 18.9. The van der Waals surface area contributed by atoms with Crippen LogP contribution in [0, 0.1) is 0 Å². The van der Waals surface area contributed by atoms with Crippen molar-refractivity contribution in [1.82, 2.24) is 24.5 Å². The zero-order chi connectivity index (χ0) is 18.8. The highest BCUT2D eigenvalue weighted by atomic mass is 15.7. The molecule has 0 saturated carbocycles. The molecule has 3 rings (SSSR count). The molecule has 0 spiro atoms. The average Bonchev–Trinajstić information content (AvgIpc) is 2.43. The smallest absolute Gasteiger partial charge is 0.238 e. The lowest BCUT2D eigenvalue weighted by Crippen LogP contribution is -2.75. The standard InChI is InChI=1S/C19H39N6/c1-17(2,3)23-10-20-12-24(18(4,5)6)14-22-15-25(19(7,8)9)13-21(11-23)16(20)22/h10-15H2,1-9H3/q+1. The second kappa shape index (κ2) is 5.83. The van der Waals surface area contributed by atoms with Crippen LogP contribution in [0.1, 0.15) is 62.3 Å². The predicted octanol–water partition coefficient (Wildman–Crippen LogP) is 2.05. The molecule has 0 aliphatic carbocycles. The van der Waals surface area contributed by atoms with Crippen molar-refractivity contribution in [3.63, 3.8) is 0 Å². The lowest BCUT2D eigenvalue weighted by Gasteiger charge is -2.54. The molecule has 3 aliphatic heterocycles. The van der Waals surface area contributed by atoms with E-state index in [0.717, 1.165) is 40.0 Å². The van der Waals surface area contributed by atoms with Gasteiger partial charge in [-0.3, -0.25) is 0 Å². The third-order valence-electron chi connectivity index (χ3n) is 5.74. The minimum Gasteiger partial charge on any atom is -0.238 e. The summed E-state index contributed by atoms with van der Waals surface area (Å²) >= 11 is 0. The highest BCUT2D eigenvalue weighted by Gasteiger charge is 2.49. The Balaban J connectivity index is 1.97. The van der Waals surface area contributed by atoms with Gasteiger partial charge in [-0.05, 0) is 62.3 Å². The van der Waals surface area contributed by atoms with E-state index in [0.29, 0.717) is 0 Å². The molecule has 3 heterocycles. The number of guanidine groups is 1. The summed E-state index contributed by atoms with van der Waals surface area (Å²) in [5.74, 6) is 1.43. The summed E-state index contributed by atoms with van der Waals surface area (Å²) in [5.41, 5.74) is 0.513. The summed E-state index contributed by atoms with van der Waals surface area (Å²) in [4.78, 5) is 12.9. The molecule has 0 N–H and O–H groups in total. The van der Waals surface area contributed by atoms with E-state index in [1.54, 1.807) is 0 Å². The molecule has 0 amide bonds. The van der Waals surface area contributed by atoms with Crippen LogP contribution in [0.3, 0.4) is 0 Å². The first-order valence-electron chi connectivity index (χ1n) is 9.64. The molecule has 6 nitrogen and oxygen atoms in total. The summed E-state index contributed by atoms with van der Waals surface area (Å²) in [7, 11) is 0. The molecular weight excluding hydrogens is 312 g/mol. The van der Waals surface area contributed by atoms with Gasteiger partial charge in [-0.2, -0.15) is 0 Å². The van der Waals surface area contributed by atoms with Crippen molar-refractivity contribution in [3.05, 3.63) is 0 Å². The highest BCUT2D eigenvalue weighted by Crippen LogP contribution is 2.28. The number of rotatable bonds is 0. The van der Waals surface area contributed by atoms with Crippen LogP contribution in [-0.4, -0.2) is 91.7 Å². The summed E-state index contributed by atoms with van der Waals surface area (Å²) in [5, 5.41) is 0. The molecule has 0 unspecified atom stereocenters. The number of nitrogens with zero attached hydrogens (tertiary/aromatic N) is 6. The molecule has 1 saturated heterocycles. The van der Waals surface area contributed by atoms with Gasteiger partial charge in [-0.25, -0.2) is 29.1 Å². The van der Waals surface area contributed by atoms with Crippen LogP contribution in [0.5, 0.6) is 0 Å². The maximum atomic E-state index is 2.59. The Labute approximate surface area is 154 Å². The van der Waals surface area contributed by atoms with Crippen LogP contribution < -0.4 is 0 Å². The van der Waals surface area contributed by atoms with E-state index < -0.39 is 0 Å². The Kier molecular flexibility index (Phi) is 4.41. The zero-order valence-electron chi connectivity index (χ0n) is 17.9. The minimum absolute atomic E-state index is 0.171. The molecule has 0 aromatic carbocycles. The third-order valence-corrected chi connectivity index (χ3v) is 5.74. The van der Waals surface area contributed by atoms with Crippen LogP contribution in [0.4, 0.5) is 0 Å². The molecule has 0 aromatic rings. The molecule has 0 radical (unpaired) electrons.